The summed E-state index contributed by atoms with van der Waals surface area (Å²) in [7, 11) is 0. The second-order valence-corrected chi connectivity index (χ2v) is 12.8. The van der Waals surface area contributed by atoms with Crippen molar-refractivity contribution in [1.29, 1.82) is 0 Å². The molecule has 2 aromatic carbocycles. The summed E-state index contributed by atoms with van der Waals surface area (Å²) in [5.41, 5.74) is 2.48. The number of para-hydroxylation sites is 1. The minimum Gasteiger partial charge on any atom is -0.391 e. The molecule has 4 atom stereocenters. The molecule has 13 heteroatoms. The number of aromatic amines is 1. The third kappa shape index (κ3) is 7.69. The molecule has 0 spiro atoms. The minimum absolute atomic E-state index is 0.0155. The number of aliphatic hydroxyl groups is 1. The second kappa shape index (κ2) is 15.0. The third-order valence-electron chi connectivity index (χ3n) is 9.41. The summed E-state index contributed by atoms with van der Waals surface area (Å²) < 4.78 is 5.44. The van der Waals surface area contributed by atoms with Gasteiger partial charge in [0.2, 0.25) is 29.5 Å². The van der Waals surface area contributed by atoms with Crippen LogP contribution in [0.1, 0.15) is 30.4 Å². The normalized spacial score (nSPS) is 25.1. The SMILES string of the molecule is O=C1CN(C(=O)C2CCOCC2)CCNC(=O)[C@H](Cc2ccccc2)NC(=O)[C@@H]2C[C@@H](O)CN2C(=O)[C@@H](Cc2c[nH]c3ccccc23)N1. The number of aromatic nitrogens is 1. The molecule has 0 bridgehead atoms. The summed E-state index contributed by atoms with van der Waals surface area (Å²) >= 11 is 0. The Labute approximate surface area is 278 Å². The fraction of sp³-hybridized carbons (Fsp3) is 0.457. The maximum Gasteiger partial charge on any atom is 0.246 e. The number of fused-ring (bicyclic) bond motifs is 2. The molecule has 6 rings (SSSR count). The summed E-state index contributed by atoms with van der Waals surface area (Å²) in [5, 5.41) is 20.1. The van der Waals surface area contributed by atoms with Crippen LogP contribution in [0.3, 0.4) is 0 Å². The number of rotatable bonds is 5. The zero-order chi connectivity index (χ0) is 33.6. The number of ether oxygens (including phenoxy) is 1. The summed E-state index contributed by atoms with van der Waals surface area (Å²) in [6.07, 6.45) is 2.15. The van der Waals surface area contributed by atoms with Gasteiger partial charge < -0.3 is 40.6 Å². The number of benzene rings is 2. The molecule has 5 N–H and O–H groups in total. The van der Waals surface area contributed by atoms with E-state index in [2.05, 4.69) is 20.9 Å². The van der Waals surface area contributed by atoms with E-state index >= 15 is 0 Å². The lowest BCUT2D eigenvalue weighted by atomic mass is 9.98. The van der Waals surface area contributed by atoms with Crippen molar-refractivity contribution in [1.82, 2.24) is 30.7 Å². The molecule has 254 valence electrons. The standard InChI is InChI=1S/C35H42N6O7/c42-25-18-30-33(45)39-28(16-22-6-2-1-3-7-22)32(44)36-12-13-40(34(46)23-10-14-48-15-11-23)21-31(43)38-29(35(47)41(30)20-25)17-24-19-37-27-9-5-4-8-26(24)27/h1-9,19,23,25,28-30,37,42H,10-18,20-21H2,(H,36,44)(H,38,43)(H,39,45)/t25-,28+,29-,30+/m1/s1. The van der Waals surface area contributed by atoms with E-state index < -0.39 is 47.9 Å². The largest absolute Gasteiger partial charge is 0.391 e. The first kappa shape index (κ1) is 33.2. The van der Waals surface area contributed by atoms with Gasteiger partial charge >= 0.3 is 0 Å². The van der Waals surface area contributed by atoms with Gasteiger partial charge in [-0.3, -0.25) is 24.0 Å². The maximum atomic E-state index is 14.3. The summed E-state index contributed by atoms with van der Waals surface area (Å²) in [6, 6.07) is 13.7. The average Bonchev–Trinajstić information content (AvgIpc) is 3.70. The molecular formula is C35H42N6O7. The average molecular weight is 659 g/mol. The van der Waals surface area contributed by atoms with Crippen LogP contribution in [0, 0.1) is 5.92 Å². The lowest BCUT2D eigenvalue weighted by Crippen LogP contribution is -2.57. The fourth-order valence-corrected chi connectivity index (χ4v) is 6.87. The molecule has 5 amide bonds. The highest BCUT2D eigenvalue weighted by molar-refractivity contribution is 5.96. The highest BCUT2D eigenvalue weighted by atomic mass is 16.5. The van der Waals surface area contributed by atoms with Crippen LogP contribution in [-0.4, -0.2) is 113 Å². The Bertz CT molecular complexity index is 1640. The van der Waals surface area contributed by atoms with Crippen molar-refractivity contribution in [2.24, 2.45) is 5.92 Å². The van der Waals surface area contributed by atoms with Crippen molar-refractivity contribution in [3.8, 4) is 0 Å². The highest BCUT2D eigenvalue weighted by Gasteiger charge is 2.43. The van der Waals surface area contributed by atoms with E-state index in [1.165, 1.54) is 9.80 Å². The lowest BCUT2D eigenvalue weighted by Gasteiger charge is -2.31. The number of aliphatic hydroxyl groups excluding tert-OH is 1. The number of nitrogens with zero attached hydrogens (tertiary/aromatic N) is 2. The van der Waals surface area contributed by atoms with E-state index in [4.69, 9.17) is 4.74 Å². The molecule has 48 heavy (non-hydrogen) atoms. The number of nitrogens with one attached hydrogen (secondary N) is 4. The molecule has 3 fully saturated rings. The van der Waals surface area contributed by atoms with Crippen molar-refractivity contribution >= 4 is 40.4 Å². The van der Waals surface area contributed by atoms with Crippen molar-refractivity contribution in [3.63, 3.8) is 0 Å². The third-order valence-corrected chi connectivity index (χ3v) is 9.41. The predicted molar refractivity (Wildman–Crippen MR) is 175 cm³/mol. The molecule has 3 aliphatic heterocycles. The van der Waals surface area contributed by atoms with Gasteiger partial charge in [-0.2, -0.15) is 0 Å². The van der Waals surface area contributed by atoms with Gasteiger partial charge in [0.1, 0.15) is 18.1 Å². The van der Waals surface area contributed by atoms with Crippen molar-refractivity contribution < 1.29 is 33.8 Å². The molecule has 0 aliphatic carbocycles. The summed E-state index contributed by atoms with van der Waals surface area (Å²) in [5.74, 6) is -2.66. The molecule has 13 nitrogen and oxygen atoms in total. The number of H-pyrrole nitrogens is 1. The number of hydrogen-bond donors (Lipinski definition) is 5. The fourth-order valence-electron chi connectivity index (χ4n) is 6.87. The van der Waals surface area contributed by atoms with E-state index in [1.54, 1.807) is 6.20 Å². The van der Waals surface area contributed by atoms with Gasteiger partial charge in [-0.1, -0.05) is 48.5 Å². The van der Waals surface area contributed by atoms with E-state index in [9.17, 15) is 29.1 Å². The van der Waals surface area contributed by atoms with Gasteiger partial charge in [-0.15, -0.1) is 0 Å². The zero-order valence-corrected chi connectivity index (χ0v) is 26.7. The Morgan fingerprint density at radius 2 is 1.65 bits per heavy atom. The van der Waals surface area contributed by atoms with Gasteiger partial charge in [0.15, 0.2) is 0 Å². The van der Waals surface area contributed by atoms with Crippen molar-refractivity contribution in [2.45, 2.75) is 56.3 Å². The molecule has 0 unspecified atom stereocenters. The van der Waals surface area contributed by atoms with E-state index in [-0.39, 0.29) is 57.3 Å². The summed E-state index contributed by atoms with van der Waals surface area (Å²) in [4.78, 5) is 74.9. The number of hydrogen-bond acceptors (Lipinski definition) is 7. The Kier molecular flexibility index (Phi) is 10.4. The Balaban J connectivity index is 1.32. The van der Waals surface area contributed by atoms with Crippen LogP contribution in [0.5, 0.6) is 0 Å². The predicted octanol–water partition coefficient (Wildman–Crippen LogP) is 0.270. The molecule has 3 aromatic rings. The summed E-state index contributed by atoms with van der Waals surface area (Å²) in [6.45, 7) is 0.565. The van der Waals surface area contributed by atoms with E-state index in [0.29, 0.717) is 26.1 Å². The Morgan fingerprint density at radius 1 is 0.896 bits per heavy atom. The topological polar surface area (TPSA) is 173 Å². The van der Waals surface area contributed by atoms with Gasteiger partial charge in [-0.05, 0) is 30.0 Å². The van der Waals surface area contributed by atoms with Gasteiger partial charge in [-0.25, -0.2) is 0 Å². The van der Waals surface area contributed by atoms with Crippen LogP contribution in [0.4, 0.5) is 0 Å². The van der Waals surface area contributed by atoms with Crippen molar-refractivity contribution in [3.05, 3.63) is 71.9 Å². The van der Waals surface area contributed by atoms with E-state index in [1.807, 2.05) is 54.6 Å². The Hall–Kier alpha value is -4.75. The van der Waals surface area contributed by atoms with Crippen LogP contribution in [0.2, 0.25) is 0 Å². The van der Waals surface area contributed by atoms with Gasteiger partial charge in [0.25, 0.3) is 0 Å². The maximum absolute atomic E-state index is 14.3. The lowest BCUT2D eigenvalue weighted by molar-refractivity contribution is -0.144. The first-order chi connectivity index (χ1) is 23.3. The molecule has 3 aliphatic rings. The molecule has 0 saturated carbocycles. The van der Waals surface area contributed by atoms with Crippen molar-refractivity contribution in [2.75, 3.05) is 39.4 Å². The first-order valence-electron chi connectivity index (χ1n) is 16.6. The molecule has 3 saturated heterocycles. The number of amides is 5. The Morgan fingerprint density at radius 3 is 2.44 bits per heavy atom. The van der Waals surface area contributed by atoms with Crippen LogP contribution in [0.15, 0.2) is 60.8 Å². The monoisotopic (exact) mass is 658 g/mol. The van der Waals surface area contributed by atoms with Crippen LogP contribution >= 0.6 is 0 Å². The molecule has 1 aromatic heterocycles. The molecule has 4 heterocycles. The second-order valence-electron chi connectivity index (χ2n) is 12.8. The molecule has 0 radical (unpaired) electrons. The zero-order valence-electron chi connectivity index (χ0n) is 26.7. The molecular weight excluding hydrogens is 616 g/mol. The van der Waals surface area contributed by atoms with Gasteiger partial charge in [0.05, 0.1) is 12.6 Å². The van der Waals surface area contributed by atoms with Crippen LogP contribution in [-0.2, 0) is 41.6 Å². The first-order valence-corrected chi connectivity index (χ1v) is 16.6. The van der Waals surface area contributed by atoms with Gasteiger partial charge in [0, 0.05) is 75.1 Å². The number of carbonyl (C=O) groups excluding carboxylic acids is 5. The minimum atomic E-state index is -1.10. The quantitative estimate of drug-likeness (QED) is 0.262. The van der Waals surface area contributed by atoms with Crippen LogP contribution < -0.4 is 16.0 Å². The number of carbonyl (C=O) groups is 5. The smallest absolute Gasteiger partial charge is 0.246 e. The van der Waals surface area contributed by atoms with Crippen LogP contribution in [0.25, 0.3) is 10.9 Å². The van der Waals surface area contributed by atoms with E-state index in [0.717, 1.165) is 22.0 Å². The highest BCUT2D eigenvalue weighted by Crippen LogP contribution is 2.24.